The van der Waals surface area contributed by atoms with Crippen molar-refractivity contribution in [3.8, 4) is 17.0 Å². The van der Waals surface area contributed by atoms with Gasteiger partial charge in [0, 0.05) is 12.6 Å². The maximum absolute atomic E-state index is 5.41. The Morgan fingerprint density at radius 2 is 1.89 bits per heavy atom. The van der Waals surface area contributed by atoms with Crippen LogP contribution in [0.2, 0.25) is 0 Å². The van der Waals surface area contributed by atoms with Crippen LogP contribution in [0.4, 0.5) is 5.82 Å². The predicted octanol–water partition coefficient (Wildman–Crippen LogP) is 3.15. The third kappa shape index (κ3) is 2.84. The number of hydrogen-bond acceptors (Lipinski definition) is 4. The van der Waals surface area contributed by atoms with E-state index in [9.17, 15) is 0 Å². The van der Waals surface area contributed by atoms with Crippen molar-refractivity contribution in [2.75, 3.05) is 19.5 Å². The van der Waals surface area contributed by atoms with E-state index in [1.54, 1.807) is 13.4 Å². The average Bonchev–Trinajstić information content (AvgIpc) is 2.47. The van der Waals surface area contributed by atoms with Crippen LogP contribution in [0.25, 0.3) is 11.3 Å². The summed E-state index contributed by atoms with van der Waals surface area (Å²) in [5, 5.41) is 3.01. The van der Waals surface area contributed by atoms with Gasteiger partial charge in [-0.25, -0.2) is 9.97 Å². The summed E-state index contributed by atoms with van der Waals surface area (Å²) in [4.78, 5) is 8.48. The van der Waals surface area contributed by atoms with E-state index in [2.05, 4.69) is 46.5 Å². The molecule has 1 N–H and O–H groups in total. The fourth-order valence-electron chi connectivity index (χ4n) is 2.07. The maximum Gasteiger partial charge on any atom is 0.187 e. The number of anilines is 1. The Morgan fingerprint density at radius 3 is 2.47 bits per heavy atom. The highest BCUT2D eigenvalue weighted by atomic mass is 16.5. The summed E-state index contributed by atoms with van der Waals surface area (Å²) >= 11 is 0. The highest BCUT2D eigenvalue weighted by Crippen LogP contribution is 2.32. The van der Waals surface area contributed by atoms with Gasteiger partial charge in [0.05, 0.1) is 7.11 Å². The number of rotatable bonds is 5. The van der Waals surface area contributed by atoms with Crippen LogP contribution in [-0.4, -0.2) is 24.1 Å². The number of methoxy groups -OCH3 is 1. The van der Waals surface area contributed by atoms with Gasteiger partial charge in [0.15, 0.2) is 11.6 Å². The van der Waals surface area contributed by atoms with Crippen LogP contribution >= 0.6 is 0 Å². The van der Waals surface area contributed by atoms with Gasteiger partial charge >= 0.3 is 0 Å². The van der Waals surface area contributed by atoms with Gasteiger partial charge in [-0.3, -0.25) is 0 Å². The fraction of sp³-hybridized carbons (Fsp3) is 0.333. The molecule has 0 aliphatic heterocycles. The lowest BCUT2D eigenvalue weighted by atomic mass is 10.1. The molecule has 19 heavy (non-hydrogen) atoms. The topological polar surface area (TPSA) is 47.0 Å². The number of aryl methyl sites for hydroxylation is 1. The van der Waals surface area contributed by atoms with Gasteiger partial charge in [0.1, 0.15) is 12.0 Å². The summed E-state index contributed by atoms with van der Waals surface area (Å²) in [6.07, 6.45) is 3.80. The first-order valence-electron chi connectivity index (χ1n) is 6.46. The summed E-state index contributed by atoms with van der Waals surface area (Å²) in [5.74, 6) is 1.37. The molecule has 0 saturated heterocycles. The number of aromatic nitrogens is 2. The first kappa shape index (κ1) is 13.3. The Kier molecular flexibility index (Phi) is 4.34. The second kappa shape index (κ2) is 6.18. The summed E-state index contributed by atoms with van der Waals surface area (Å²) in [6.45, 7) is 2.18. The van der Waals surface area contributed by atoms with Crippen molar-refractivity contribution < 1.29 is 4.74 Å². The number of nitrogens with one attached hydrogen (secondary N) is 1. The molecule has 0 atom stereocenters. The minimum Gasteiger partial charge on any atom is -0.491 e. The lowest BCUT2D eigenvalue weighted by Gasteiger charge is -2.11. The van der Waals surface area contributed by atoms with Crippen molar-refractivity contribution in [3.63, 3.8) is 0 Å². The highest BCUT2D eigenvalue weighted by molar-refractivity contribution is 5.72. The summed E-state index contributed by atoms with van der Waals surface area (Å²) in [5.41, 5.74) is 3.19. The zero-order valence-electron chi connectivity index (χ0n) is 11.6. The average molecular weight is 257 g/mol. The molecule has 0 saturated carbocycles. The normalized spacial score (nSPS) is 10.3. The Morgan fingerprint density at radius 1 is 1.16 bits per heavy atom. The molecule has 0 radical (unpaired) electrons. The van der Waals surface area contributed by atoms with Gasteiger partial charge in [-0.1, -0.05) is 37.6 Å². The standard InChI is InChI=1S/C15H19N3O/c1-4-5-11-6-8-12(9-7-11)13-14(19-3)15(16-2)18-10-17-13/h6-10H,4-5H2,1-3H3,(H,16,17,18). The number of benzene rings is 1. The summed E-state index contributed by atoms with van der Waals surface area (Å²) in [7, 11) is 3.45. The smallest absolute Gasteiger partial charge is 0.187 e. The van der Waals surface area contributed by atoms with Crippen LogP contribution in [0, 0.1) is 0 Å². The second-order valence-electron chi connectivity index (χ2n) is 4.30. The van der Waals surface area contributed by atoms with Crippen LogP contribution in [0.5, 0.6) is 5.75 Å². The molecule has 0 bridgehead atoms. The SMILES string of the molecule is CCCc1ccc(-c2ncnc(NC)c2OC)cc1. The maximum atomic E-state index is 5.41. The van der Waals surface area contributed by atoms with Crippen molar-refractivity contribution in [2.45, 2.75) is 19.8 Å². The van der Waals surface area contributed by atoms with E-state index in [4.69, 9.17) is 4.74 Å². The quantitative estimate of drug-likeness (QED) is 0.893. The van der Waals surface area contributed by atoms with Crippen LogP contribution in [0.15, 0.2) is 30.6 Å². The molecular formula is C15H19N3O. The highest BCUT2D eigenvalue weighted by Gasteiger charge is 2.12. The van der Waals surface area contributed by atoms with Gasteiger partial charge in [0.2, 0.25) is 0 Å². The van der Waals surface area contributed by atoms with E-state index in [1.807, 2.05) is 7.05 Å². The molecule has 0 fully saturated rings. The van der Waals surface area contributed by atoms with E-state index in [-0.39, 0.29) is 0 Å². The van der Waals surface area contributed by atoms with Gasteiger partial charge in [-0.15, -0.1) is 0 Å². The van der Waals surface area contributed by atoms with E-state index in [0.717, 1.165) is 24.1 Å². The van der Waals surface area contributed by atoms with Crippen molar-refractivity contribution >= 4 is 5.82 Å². The zero-order valence-corrected chi connectivity index (χ0v) is 11.6. The van der Waals surface area contributed by atoms with E-state index in [0.29, 0.717) is 11.6 Å². The molecule has 4 heteroatoms. The Balaban J connectivity index is 2.40. The molecule has 2 aromatic rings. The zero-order chi connectivity index (χ0) is 13.7. The van der Waals surface area contributed by atoms with Crippen molar-refractivity contribution in [1.82, 2.24) is 9.97 Å². The van der Waals surface area contributed by atoms with Crippen molar-refractivity contribution in [1.29, 1.82) is 0 Å². The van der Waals surface area contributed by atoms with Gasteiger partial charge in [-0.2, -0.15) is 0 Å². The van der Waals surface area contributed by atoms with Crippen LogP contribution in [0.3, 0.4) is 0 Å². The molecule has 100 valence electrons. The van der Waals surface area contributed by atoms with Crippen molar-refractivity contribution in [2.24, 2.45) is 0 Å². The molecule has 2 rings (SSSR count). The van der Waals surface area contributed by atoms with E-state index >= 15 is 0 Å². The third-order valence-electron chi connectivity index (χ3n) is 3.01. The molecular weight excluding hydrogens is 238 g/mol. The minimum atomic E-state index is 0.674. The predicted molar refractivity (Wildman–Crippen MR) is 77.6 cm³/mol. The largest absolute Gasteiger partial charge is 0.491 e. The first-order valence-corrected chi connectivity index (χ1v) is 6.46. The molecule has 1 heterocycles. The fourth-order valence-corrected chi connectivity index (χ4v) is 2.07. The number of nitrogens with zero attached hydrogens (tertiary/aromatic N) is 2. The Labute approximate surface area is 113 Å². The van der Waals surface area contributed by atoms with Gasteiger partial charge < -0.3 is 10.1 Å². The first-order chi connectivity index (χ1) is 9.30. The Bertz CT molecular complexity index is 538. The number of ether oxygens (including phenoxy) is 1. The molecule has 1 aromatic heterocycles. The monoisotopic (exact) mass is 257 g/mol. The molecule has 0 spiro atoms. The molecule has 1 aromatic carbocycles. The summed E-state index contributed by atoms with van der Waals surface area (Å²) in [6, 6.07) is 8.43. The lowest BCUT2D eigenvalue weighted by Crippen LogP contribution is -2.00. The molecule has 0 aliphatic rings. The number of hydrogen-bond donors (Lipinski definition) is 1. The van der Waals surface area contributed by atoms with Gasteiger partial charge in [0.25, 0.3) is 0 Å². The van der Waals surface area contributed by atoms with Crippen LogP contribution in [-0.2, 0) is 6.42 Å². The molecule has 0 aliphatic carbocycles. The molecule has 0 amide bonds. The van der Waals surface area contributed by atoms with E-state index < -0.39 is 0 Å². The minimum absolute atomic E-state index is 0.674. The van der Waals surface area contributed by atoms with Gasteiger partial charge in [-0.05, 0) is 12.0 Å². The van der Waals surface area contributed by atoms with Crippen LogP contribution < -0.4 is 10.1 Å². The van der Waals surface area contributed by atoms with Crippen molar-refractivity contribution in [3.05, 3.63) is 36.2 Å². The third-order valence-corrected chi connectivity index (χ3v) is 3.01. The lowest BCUT2D eigenvalue weighted by molar-refractivity contribution is 0.415. The van der Waals surface area contributed by atoms with Crippen LogP contribution in [0.1, 0.15) is 18.9 Å². The second-order valence-corrected chi connectivity index (χ2v) is 4.30. The summed E-state index contributed by atoms with van der Waals surface area (Å²) < 4.78 is 5.41. The Hall–Kier alpha value is -2.10. The molecule has 0 unspecified atom stereocenters. The molecule has 4 nitrogen and oxygen atoms in total. The van der Waals surface area contributed by atoms with E-state index in [1.165, 1.54) is 5.56 Å².